The standard InChI is InChI=1S/C13H15BrO2S/c14-11-4-2-1-3-10(11)8-17-9-13(5-6-13)7-12(15)16/h1-4H,5-9H2,(H,15,16). The fraction of sp³-hybridized carbons (Fsp3) is 0.462. The Hall–Kier alpha value is -0.480. The molecule has 1 aliphatic carbocycles. The molecule has 1 aliphatic rings. The molecule has 17 heavy (non-hydrogen) atoms. The molecule has 0 heterocycles. The molecule has 0 unspecified atom stereocenters. The Labute approximate surface area is 114 Å². The smallest absolute Gasteiger partial charge is 0.303 e. The van der Waals surface area contributed by atoms with Crippen LogP contribution >= 0.6 is 27.7 Å². The van der Waals surface area contributed by atoms with Gasteiger partial charge in [-0.3, -0.25) is 4.79 Å². The van der Waals surface area contributed by atoms with Gasteiger partial charge in [-0.15, -0.1) is 0 Å². The van der Waals surface area contributed by atoms with Gasteiger partial charge in [0.2, 0.25) is 0 Å². The summed E-state index contributed by atoms with van der Waals surface area (Å²) in [4.78, 5) is 10.7. The predicted octanol–water partition coefficient (Wildman–Crippen LogP) is 3.94. The minimum atomic E-state index is -0.663. The topological polar surface area (TPSA) is 37.3 Å². The Bertz CT molecular complexity index is 416. The van der Waals surface area contributed by atoms with Crippen molar-refractivity contribution < 1.29 is 9.90 Å². The number of aliphatic carboxylic acids is 1. The van der Waals surface area contributed by atoms with Crippen LogP contribution in [0.25, 0.3) is 0 Å². The number of rotatable bonds is 6. The van der Waals surface area contributed by atoms with Gasteiger partial charge >= 0.3 is 5.97 Å². The molecule has 1 saturated carbocycles. The van der Waals surface area contributed by atoms with Gasteiger partial charge in [-0.1, -0.05) is 34.1 Å². The Morgan fingerprint density at radius 3 is 2.71 bits per heavy atom. The molecular formula is C13H15BrO2S. The molecule has 0 radical (unpaired) electrons. The zero-order valence-electron chi connectivity index (χ0n) is 9.49. The zero-order valence-corrected chi connectivity index (χ0v) is 11.9. The summed E-state index contributed by atoms with van der Waals surface area (Å²) < 4.78 is 1.13. The van der Waals surface area contributed by atoms with Crippen LogP contribution in [-0.2, 0) is 10.5 Å². The lowest BCUT2D eigenvalue weighted by molar-refractivity contribution is -0.138. The van der Waals surface area contributed by atoms with Crippen LogP contribution < -0.4 is 0 Å². The van der Waals surface area contributed by atoms with Crippen LogP contribution in [0.1, 0.15) is 24.8 Å². The lowest BCUT2D eigenvalue weighted by Gasteiger charge is -2.12. The maximum Gasteiger partial charge on any atom is 0.303 e. The van der Waals surface area contributed by atoms with Gasteiger partial charge in [-0.2, -0.15) is 11.8 Å². The maximum absolute atomic E-state index is 10.7. The van der Waals surface area contributed by atoms with Gasteiger partial charge in [0.25, 0.3) is 0 Å². The van der Waals surface area contributed by atoms with Crippen molar-refractivity contribution >= 4 is 33.7 Å². The van der Waals surface area contributed by atoms with Gasteiger partial charge in [-0.25, -0.2) is 0 Å². The van der Waals surface area contributed by atoms with Crippen molar-refractivity contribution in [2.45, 2.75) is 25.0 Å². The Morgan fingerprint density at radius 1 is 1.41 bits per heavy atom. The second-order valence-corrected chi connectivity index (χ2v) is 6.49. The fourth-order valence-corrected chi connectivity index (χ4v) is 3.87. The molecule has 0 saturated heterocycles. The third kappa shape index (κ3) is 3.75. The van der Waals surface area contributed by atoms with Crippen molar-refractivity contribution in [1.82, 2.24) is 0 Å². The van der Waals surface area contributed by atoms with E-state index >= 15 is 0 Å². The van der Waals surface area contributed by atoms with E-state index < -0.39 is 5.97 Å². The van der Waals surface area contributed by atoms with Gasteiger partial charge in [0.05, 0.1) is 6.42 Å². The molecule has 1 fully saturated rings. The van der Waals surface area contributed by atoms with E-state index in [-0.39, 0.29) is 5.41 Å². The van der Waals surface area contributed by atoms with Crippen LogP contribution in [0.5, 0.6) is 0 Å². The Morgan fingerprint density at radius 2 is 2.12 bits per heavy atom. The molecule has 0 aromatic heterocycles. The minimum absolute atomic E-state index is 0.0950. The summed E-state index contributed by atoms with van der Waals surface area (Å²) in [6.07, 6.45) is 2.47. The third-order valence-electron chi connectivity index (χ3n) is 3.11. The number of thioether (sulfide) groups is 1. The molecule has 1 aromatic carbocycles. The number of hydrogen-bond acceptors (Lipinski definition) is 2. The van der Waals surface area contributed by atoms with Crippen molar-refractivity contribution in [3.8, 4) is 0 Å². The SMILES string of the molecule is O=C(O)CC1(CSCc2ccccc2Br)CC1. The first kappa shape index (κ1) is 13.0. The second kappa shape index (κ2) is 5.44. The number of halogens is 1. The van der Waals surface area contributed by atoms with Crippen LogP contribution in [0.4, 0.5) is 0 Å². The summed E-state index contributed by atoms with van der Waals surface area (Å²) >= 11 is 5.36. The highest BCUT2D eigenvalue weighted by atomic mass is 79.9. The van der Waals surface area contributed by atoms with Crippen LogP contribution in [-0.4, -0.2) is 16.8 Å². The molecule has 0 atom stereocenters. The molecule has 1 aromatic rings. The lowest BCUT2D eigenvalue weighted by Crippen LogP contribution is -2.11. The van der Waals surface area contributed by atoms with Crippen molar-refractivity contribution in [3.05, 3.63) is 34.3 Å². The van der Waals surface area contributed by atoms with Crippen molar-refractivity contribution in [2.75, 3.05) is 5.75 Å². The Kier molecular flexibility index (Phi) is 4.15. The molecule has 0 bridgehead atoms. The predicted molar refractivity (Wildman–Crippen MR) is 74.2 cm³/mol. The average molecular weight is 315 g/mol. The summed E-state index contributed by atoms with van der Waals surface area (Å²) in [5.41, 5.74) is 1.38. The highest BCUT2D eigenvalue weighted by Crippen LogP contribution is 2.51. The first-order valence-corrected chi connectivity index (χ1v) is 7.59. The molecule has 0 amide bonds. The molecule has 92 valence electrons. The highest BCUT2D eigenvalue weighted by Gasteiger charge is 2.43. The van der Waals surface area contributed by atoms with E-state index in [1.807, 2.05) is 30.0 Å². The van der Waals surface area contributed by atoms with Crippen LogP contribution in [0.3, 0.4) is 0 Å². The van der Waals surface area contributed by atoms with E-state index in [2.05, 4.69) is 22.0 Å². The molecule has 1 N–H and O–H groups in total. The van der Waals surface area contributed by atoms with Crippen molar-refractivity contribution in [2.24, 2.45) is 5.41 Å². The third-order valence-corrected chi connectivity index (χ3v) is 5.21. The second-order valence-electron chi connectivity index (χ2n) is 4.65. The number of hydrogen-bond donors (Lipinski definition) is 1. The van der Waals surface area contributed by atoms with Gasteiger partial charge < -0.3 is 5.11 Å². The lowest BCUT2D eigenvalue weighted by atomic mass is 10.1. The first-order valence-electron chi connectivity index (χ1n) is 5.64. The molecule has 2 nitrogen and oxygen atoms in total. The summed E-state index contributed by atoms with van der Waals surface area (Å²) in [6, 6.07) is 8.18. The summed E-state index contributed by atoms with van der Waals surface area (Å²) in [7, 11) is 0. The number of benzene rings is 1. The van der Waals surface area contributed by atoms with Crippen molar-refractivity contribution in [3.63, 3.8) is 0 Å². The van der Waals surface area contributed by atoms with Crippen molar-refractivity contribution in [1.29, 1.82) is 0 Å². The van der Waals surface area contributed by atoms with E-state index in [1.165, 1.54) is 5.56 Å². The Balaban J connectivity index is 1.80. The molecule has 4 heteroatoms. The zero-order chi connectivity index (χ0) is 12.3. The van der Waals surface area contributed by atoms with Crippen LogP contribution in [0.15, 0.2) is 28.7 Å². The maximum atomic E-state index is 10.7. The minimum Gasteiger partial charge on any atom is -0.481 e. The first-order chi connectivity index (χ1) is 8.11. The molecule has 0 aliphatic heterocycles. The average Bonchev–Trinajstić information content (AvgIpc) is 3.00. The van der Waals surface area contributed by atoms with Crippen LogP contribution in [0.2, 0.25) is 0 Å². The summed E-state index contributed by atoms with van der Waals surface area (Å²) in [5, 5.41) is 8.83. The summed E-state index contributed by atoms with van der Waals surface area (Å²) in [5.74, 6) is 1.24. The summed E-state index contributed by atoms with van der Waals surface area (Å²) in [6.45, 7) is 0. The van der Waals surface area contributed by atoms with E-state index in [0.29, 0.717) is 6.42 Å². The van der Waals surface area contributed by atoms with Gasteiger partial charge in [-0.05, 0) is 35.6 Å². The van der Waals surface area contributed by atoms with Crippen LogP contribution in [0, 0.1) is 5.41 Å². The quantitative estimate of drug-likeness (QED) is 0.864. The number of carboxylic acid groups (broad SMARTS) is 1. The monoisotopic (exact) mass is 314 g/mol. The van der Waals surface area contributed by atoms with E-state index in [4.69, 9.17) is 5.11 Å². The number of carbonyl (C=O) groups is 1. The van der Waals surface area contributed by atoms with E-state index in [9.17, 15) is 4.79 Å². The fourth-order valence-electron chi connectivity index (χ4n) is 1.86. The molecule has 2 rings (SSSR count). The van der Waals surface area contributed by atoms with Gasteiger partial charge in [0.15, 0.2) is 0 Å². The molecule has 0 spiro atoms. The largest absolute Gasteiger partial charge is 0.481 e. The highest BCUT2D eigenvalue weighted by molar-refractivity contribution is 9.10. The number of carboxylic acids is 1. The molecular weight excluding hydrogens is 300 g/mol. The van der Waals surface area contributed by atoms with Gasteiger partial charge in [0.1, 0.15) is 0 Å². The van der Waals surface area contributed by atoms with E-state index in [1.54, 1.807) is 0 Å². The van der Waals surface area contributed by atoms with Gasteiger partial charge in [0, 0.05) is 10.2 Å². The normalized spacial score (nSPS) is 16.8. The van der Waals surface area contributed by atoms with E-state index in [0.717, 1.165) is 28.8 Å².